The number of aromatic nitrogens is 5. The van der Waals surface area contributed by atoms with Crippen LogP contribution in [0.15, 0.2) is 66.9 Å². The first-order chi connectivity index (χ1) is 28.1. The van der Waals surface area contributed by atoms with Gasteiger partial charge in [0.15, 0.2) is 5.65 Å². The fourth-order valence-corrected chi connectivity index (χ4v) is 15.0. The van der Waals surface area contributed by atoms with Crippen LogP contribution in [0.4, 0.5) is 16.6 Å². The van der Waals surface area contributed by atoms with Crippen LogP contribution in [0.5, 0.6) is 11.5 Å². The number of piperidine rings is 1. The molecule has 4 heterocycles. The number of fused-ring (bicyclic) bond motifs is 2. The van der Waals surface area contributed by atoms with E-state index in [1.54, 1.807) is 4.68 Å². The smallest absolute Gasteiger partial charge is 0.320 e. The van der Waals surface area contributed by atoms with E-state index in [-0.39, 0.29) is 23.6 Å². The van der Waals surface area contributed by atoms with Gasteiger partial charge in [0.1, 0.15) is 23.4 Å². The SMILES string of the molecule is CC(C)[Si](Oc1ccc(-n2nc(C(C)(C)C)cc2NC(=O)N[C@H]2CC[C@@H](Oc3ccc4nnc(N5CCCC[C@@H]5C)n4c3)c3ccccc32)cc1CCl)(C(C)C)C(C)C. The van der Waals surface area contributed by atoms with Gasteiger partial charge in [-0.25, -0.2) is 9.48 Å². The highest BCUT2D eigenvalue weighted by molar-refractivity contribution is 6.78. The molecule has 0 saturated carbocycles. The molecule has 2 aromatic carbocycles. The normalized spacial score (nSPS) is 18.7. The number of rotatable bonds is 12. The Morgan fingerprint density at radius 1 is 0.915 bits per heavy atom. The van der Waals surface area contributed by atoms with Crippen LogP contribution in [-0.2, 0) is 11.3 Å². The molecule has 13 heteroatoms. The van der Waals surface area contributed by atoms with Crippen LogP contribution in [0, 0.1) is 0 Å². The first-order valence-corrected chi connectivity index (χ1v) is 24.2. The molecule has 7 rings (SSSR count). The van der Waals surface area contributed by atoms with Crippen molar-refractivity contribution in [2.24, 2.45) is 0 Å². The fraction of sp³-hybridized carbons (Fsp3) is 0.522. The quantitative estimate of drug-likeness (QED) is 0.0951. The van der Waals surface area contributed by atoms with Crippen molar-refractivity contribution >= 4 is 43.4 Å². The molecule has 3 atom stereocenters. The van der Waals surface area contributed by atoms with Gasteiger partial charge in [-0.3, -0.25) is 9.72 Å². The van der Waals surface area contributed by atoms with E-state index >= 15 is 0 Å². The zero-order valence-electron chi connectivity index (χ0n) is 36.6. The molecule has 0 radical (unpaired) electrons. The Morgan fingerprint density at radius 3 is 2.32 bits per heavy atom. The number of carbonyl (C=O) groups is 1. The summed E-state index contributed by atoms with van der Waals surface area (Å²) in [6.07, 6.45) is 6.82. The monoisotopic (exact) mass is 838 g/mol. The predicted molar refractivity (Wildman–Crippen MR) is 241 cm³/mol. The Bertz CT molecular complexity index is 2240. The van der Waals surface area contributed by atoms with Crippen LogP contribution in [0.3, 0.4) is 0 Å². The summed E-state index contributed by atoms with van der Waals surface area (Å²) in [4.78, 5) is 16.3. The molecule has 0 bridgehead atoms. The van der Waals surface area contributed by atoms with Crippen LogP contribution in [0.25, 0.3) is 11.3 Å². The second-order valence-electron chi connectivity index (χ2n) is 18.5. The van der Waals surface area contributed by atoms with Crippen LogP contribution >= 0.6 is 11.6 Å². The number of halogens is 1. The summed E-state index contributed by atoms with van der Waals surface area (Å²) >= 11 is 6.63. The number of nitrogens with zero attached hydrogens (tertiary/aromatic N) is 6. The van der Waals surface area contributed by atoms with Crippen molar-refractivity contribution in [3.05, 3.63) is 89.2 Å². The molecule has 2 aliphatic rings. The predicted octanol–water partition coefficient (Wildman–Crippen LogP) is 11.7. The zero-order valence-corrected chi connectivity index (χ0v) is 38.3. The lowest BCUT2D eigenvalue weighted by molar-refractivity contribution is 0.171. The minimum atomic E-state index is -2.22. The van der Waals surface area contributed by atoms with Gasteiger partial charge in [0.2, 0.25) is 5.95 Å². The van der Waals surface area contributed by atoms with E-state index in [4.69, 9.17) is 25.9 Å². The number of amides is 2. The number of hydrogen-bond donors (Lipinski definition) is 2. The van der Waals surface area contributed by atoms with Gasteiger partial charge in [0.25, 0.3) is 8.32 Å². The third-order valence-electron chi connectivity index (χ3n) is 12.6. The van der Waals surface area contributed by atoms with Crippen molar-refractivity contribution in [1.29, 1.82) is 0 Å². The minimum Gasteiger partial charge on any atom is -0.542 e. The summed E-state index contributed by atoms with van der Waals surface area (Å²) in [5.41, 5.74) is 6.49. The molecule has 1 aliphatic heterocycles. The van der Waals surface area contributed by atoms with E-state index in [9.17, 15) is 4.79 Å². The van der Waals surface area contributed by atoms with Crippen molar-refractivity contribution in [1.82, 2.24) is 29.7 Å². The molecule has 11 nitrogen and oxygen atoms in total. The van der Waals surface area contributed by atoms with Crippen molar-refractivity contribution in [2.45, 2.75) is 147 Å². The third-order valence-corrected chi connectivity index (χ3v) is 18.9. The summed E-state index contributed by atoms with van der Waals surface area (Å²) < 4.78 is 17.7. The Morgan fingerprint density at radius 2 is 1.64 bits per heavy atom. The molecule has 316 valence electrons. The van der Waals surface area contributed by atoms with Gasteiger partial charge < -0.3 is 19.4 Å². The lowest BCUT2D eigenvalue weighted by Gasteiger charge is -2.42. The Kier molecular flexibility index (Phi) is 12.4. The number of hydrogen-bond acceptors (Lipinski definition) is 7. The van der Waals surface area contributed by atoms with Gasteiger partial charge in [0.05, 0.1) is 29.5 Å². The summed E-state index contributed by atoms with van der Waals surface area (Å²) in [6.45, 7) is 23.3. The maximum Gasteiger partial charge on any atom is 0.320 e. The van der Waals surface area contributed by atoms with Crippen LogP contribution in [-0.4, -0.2) is 51.3 Å². The topological polar surface area (TPSA) is 111 Å². The second-order valence-corrected chi connectivity index (χ2v) is 24.2. The number of carbonyl (C=O) groups excluding carboxylic acids is 1. The van der Waals surface area contributed by atoms with E-state index in [2.05, 4.69) is 107 Å². The first-order valence-electron chi connectivity index (χ1n) is 21.5. The number of nitrogens with one attached hydrogen (secondary N) is 2. The standard InChI is InChI=1S/C46H63ClN8O3Si/c1-29(2)59(30(3)4,31(5)6)58-39-21-18-34(25-33(39)27-47)55-43(26-41(52-55)46(8,9)10)49-44(56)48-38-20-22-40(37-17-12-11-16-36(37)38)57-35-19-23-42-50-51-45(54(42)28-35)53-24-14-13-15-32(53)7/h11-12,16-19,21,23,25-26,28-32,38,40H,13-15,20,22,24,27H2,1-10H3,(H2,48,49,56)/t32-,38-,40+/m0/s1. The van der Waals surface area contributed by atoms with Crippen molar-refractivity contribution in [2.75, 3.05) is 16.8 Å². The molecule has 1 fully saturated rings. The summed E-state index contributed by atoms with van der Waals surface area (Å²) in [7, 11) is -2.22. The number of urea groups is 1. The lowest BCUT2D eigenvalue weighted by Crippen LogP contribution is -2.50. The number of anilines is 2. The van der Waals surface area contributed by atoms with Gasteiger partial charge in [-0.1, -0.05) is 86.6 Å². The largest absolute Gasteiger partial charge is 0.542 e. The Hall–Kier alpha value is -4.55. The van der Waals surface area contributed by atoms with Crippen molar-refractivity contribution in [3.8, 4) is 17.2 Å². The molecule has 2 N–H and O–H groups in total. The summed E-state index contributed by atoms with van der Waals surface area (Å²) in [6, 6.07) is 20.1. The molecule has 2 amide bonds. The molecule has 59 heavy (non-hydrogen) atoms. The molecule has 1 aliphatic carbocycles. The Labute approximate surface area is 356 Å². The van der Waals surface area contributed by atoms with E-state index < -0.39 is 8.32 Å². The average molecular weight is 840 g/mol. The molecular weight excluding hydrogens is 776 g/mol. The fourth-order valence-electron chi connectivity index (χ4n) is 9.50. The second kappa shape index (κ2) is 17.2. The van der Waals surface area contributed by atoms with E-state index in [1.165, 1.54) is 6.42 Å². The highest BCUT2D eigenvalue weighted by atomic mass is 35.5. The molecule has 1 saturated heterocycles. The molecular formula is C46H63ClN8O3Si. The van der Waals surface area contributed by atoms with E-state index in [0.29, 0.717) is 40.8 Å². The third kappa shape index (κ3) is 8.57. The van der Waals surface area contributed by atoms with Crippen molar-refractivity contribution in [3.63, 3.8) is 0 Å². The summed E-state index contributed by atoms with van der Waals surface area (Å²) in [5.74, 6) is 3.31. The zero-order chi connectivity index (χ0) is 42.2. The van der Waals surface area contributed by atoms with Crippen molar-refractivity contribution < 1.29 is 14.0 Å². The highest BCUT2D eigenvalue weighted by Crippen LogP contribution is 2.44. The Balaban J connectivity index is 1.10. The first kappa shape index (κ1) is 42.6. The maximum absolute atomic E-state index is 14.0. The van der Waals surface area contributed by atoms with Gasteiger partial charge in [-0.2, -0.15) is 5.10 Å². The van der Waals surface area contributed by atoms with Crippen LogP contribution in [0.1, 0.15) is 136 Å². The van der Waals surface area contributed by atoms with Crippen LogP contribution < -0.4 is 24.7 Å². The average Bonchev–Trinajstić information content (AvgIpc) is 3.82. The van der Waals surface area contributed by atoms with Gasteiger partial charge >= 0.3 is 6.03 Å². The van der Waals surface area contributed by atoms with E-state index in [1.807, 2.05) is 59.1 Å². The number of benzene rings is 2. The van der Waals surface area contributed by atoms with Gasteiger partial charge in [-0.05, 0) is 97.1 Å². The molecule has 5 aromatic rings. The lowest BCUT2D eigenvalue weighted by atomic mass is 9.85. The maximum atomic E-state index is 14.0. The highest BCUT2D eigenvalue weighted by Gasteiger charge is 2.47. The molecule has 3 aromatic heterocycles. The number of pyridine rings is 1. The molecule has 0 spiro atoms. The van der Waals surface area contributed by atoms with Crippen LogP contribution in [0.2, 0.25) is 16.6 Å². The molecule has 0 unspecified atom stereocenters. The number of alkyl halides is 1. The van der Waals surface area contributed by atoms with Gasteiger partial charge in [0, 0.05) is 29.6 Å². The van der Waals surface area contributed by atoms with Gasteiger partial charge in [-0.15, -0.1) is 21.8 Å². The summed E-state index contributed by atoms with van der Waals surface area (Å²) in [5, 5.41) is 20.5. The number of ether oxygens (including phenoxy) is 1. The van der Waals surface area contributed by atoms with E-state index in [0.717, 1.165) is 77.0 Å². The minimum absolute atomic E-state index is 0.174.